The van der Waals surface area contributed by atoms with E-state index in [1.54, 1.807) is 4.90 Å². The molecule has 1 aromatic rings. The number of rotatable bonds is 5. The number of carbonyl (C=O) groups is 2. The first-order chi connectivity index (χ1) is 10.3. The molecule has 0 unspecified atom stereocenters. The van der Waals surface area contributed by atoms with Crippen molar-refractivity contribution in [1.29, 1.82) is 0 Å². The summed E-state index contributed by atoms with van der Waals surface area (Å²) < 4.78 is 22.7. The van der Waals surface area contributed by atoms with Crippen LogP contribution in [0, 0.1) is 0 Å². The van der Waals surface area contributed by atoms with E-state index >= 15 is 0 Å². The Labute approximate surface area is 130 Å². The van der Waals surface area contributed by atoms with Gasteiger partial charge in [0.05, 0.1) is 0 Å². The summed E-state index contributed by atoms with van der Waals surface area (Å²) in [5.74, 6) is -0.419. The third kappa shape index (κ3) is 3.85. The minimum absolute atomic E-state index is 0.104. The first-order valence-corrected chi connectivity index (χ1v) is 9.10. The number of hydrogen-bond donors (Lipinski definition) is 1. The predicted molar refractivity (Wildman–Crippen MR) is 84.2 cm³/mol. The van der Waals surface area contributed by atoms with Gasteiger partial charge in [-0.2, -0.15) is 0 Å². The van der Waals surface area contributed by atoms with Crippen molar-refractivity contribution in [2.75, 3.05) is 17.7 Å². The normalized spacial score (nSPS) is 16.6. The summed E-state index contributed by atoms with van der Waals surface area (Å²) in [6.45, 7) is 2.30. The fourth-order valence-corrected chi connectivity index (χ4v) is 2.76. The molecule has 6 nitrogen and oxygen atoms in total. The third-order valence-corrected chi connectivity index (χ3v) is 5.27. The molecule has 1 atom stereocenters. The van der Waals surface area contributed by atoms with Crippen LogP contribution >= 0.6 is 0 Å². The topological polar surface area (TPSA) is 83.6 Å². The number of hydrogen-bond acceptors (Lipinski definition) is 4. The standard InChI is InChI=1S/C15H20N2O4S/c1-11(22(2,20)21)15(19)16-10-12-5-3-6-13(9-12)17-8-4-7-14(17)18/h3,5-6,9,11H,4,7-8,10H2,1-2H3,(H,16,19)/t11-/m1/s1. The molecule has 1 saturated heterocycles. The van der Waals surface area contributed by atoms with E-state index in [9.17, 15) is 18.0 Å². The van der Waals surface area contributed by atoms with Crippen LogP contribution in [0.25, 0.3) is 0 Å². The maximum Gasteiger partial charge on any atom is 0.238 e. The second-order valence-electron chi connectivity index (χ2n) is 5.51. The van der Waals surface area contributed by atoms with Crippen LogP contribution in [0.3, 0.4) is 0 Å². The first-order valence-electron chi connectivity index (χ1n) is 7.15. The molecule has 0 spiro atoms. The zero-order valence-corrected chi connectivity index (χ0v) is 13.5. The third-order valence-electron chi connectivity index (χ3n) is 3.77. The van der Waals surface area contributed by atoms with E-state index in [2.05, 4.69) is 5.32 Å². The highest BCUT2D eigenvalue weighted by Crippen LogP contribution is 2.22. The number of sulfone groups is 1. The molecule has 1 aliphatic rings. The molecule has 1 N–H and O–H groups in total. The molecule has 0 radical (unpaired) electrons. The molecule has 1 heterocycles. The lowest BCUT2D eigenvalue weighted by atomic mass is 10.2. The summed E-state index contributed by atoms with van der Waals surface area (Å²) in [6.07, 6.45) is 2.45. The van der Waals surface area contributed by atoms with Gasteiger partial charge in [-0.15, -0.1) is 0 Å². The molecular weight excluding hydrogens is 304 g/mol. The van der Waals surface area contributed by atoms with E-state index in [4.69, 9.17) is 0 Å². The Morgan fingerprint density at radius 3 is 2.73 bits per heavy atom. The van der Waals surface area contributed by atoms with Gasteiger partial charge in [-0.1, -0.05) is 12.1 Å². The molecule has 1 aliphatic heterocycles. The van der Waals surface area contributed by atoms with E-state index in [-0.39, 0.29) is 12.5 Å². The maximum atomic E-state index is 11.8. The number of amides is 2. The summed E-state index contributed by atoms with van der Waals surface area (Å²) in [7, 11) is -3.40. The molecule has 2 rings (SSSR count). The molecule has 2 amide bonds. The summed E-state index contributed by atoms with van der Waals surface area (Å²) >= 11 is 0. The highest BCUT2D eigenvalue weighted by Gasteiger charge is 2.24. The smallest absolute Gasteiger partial charge is 0.238 e. The number of nitrogens with one attached hydrogen (secondary N) is 1. The first kappa shape index (κ1) is 16.5. The molecule has 0 aliphatic carbocycles. The number of benzene rings is 1. The van der Waals surface area contributed by atoms with Crippen molar-refractivity contribution in [3.63, 3.8) is 0 Å². The average molecular weight is 324 g/mol. The largest absolute Gasteiger partial charge is 0.351 e. The Morgan fingerprint density at radius 1 is 1.41 bits per heavy atom. The number of anilines is 1. The molecule has 0 aromatic heterocycles. The van der Waals surface area contributed by atoms with Crippen LogP contribution in [0.5, 0.6) is 0 Å². The predicted octanol–water partition coefficient (Wildman–Crippen LogP) is 0.863. The molecule has 1 fully saturated rings. The summed E-state index contributed by atoms with van der Waals surface area (Å²) in [5, 5.41) is 1.54. The van der Waals surface area contributed by atoms with Crippen LogP contribution in [-0.4, -0.2) is 38.3 Å². The molecule has 22 heavy (non-hydrogen) atoms. The highest BCUT2D eigenvalue weighted by molar-refractivity contribution is 7.92. The zero-order chi connectivity index (χ0) is 16.3. The molecule has 0 saturated carbocycles. The lowest BCUT2D eigenvalue weighted by molar-refractivity contribution is -0.120. The Balaban J connectivity index is 2.02. The van der Waals surface area contributed by atoms with E-state index in [1.165, 1.54) is 6.92 Å². The minimum Gasteiger partial charge on any atom is -0.351 e. The SMILES string of the molecule is C[C@H](C(=O)NCc1cccc(N2CCCC2=O)c1)S(C)(=O)=O. The van der Waals surface area contributed by atoms with Crippen LogP contribution in [0.15, 0.2) is 24.3 Å². The van der Waals surface area contributed by atoms with Crippen molar-refractivity contribution in [2.45, 2.75) is 31.6 Å². The highest BCUT2D eigenvalue weighted by atomic mass is 32.2. The monoisotopic (exact) mass is 324 g/mol. The van der Waals surface area contributed by atoms with Crippen LogP contribution in [-0.2, 0) is 26.0 Å². The van der Waals surface area contributed by atoms with Crippen molar-refractivity contribution < 1.29 is 18.0 Å². The van der Waals surface area contributed by atoms with Gasteiger partial charge >= 0.3 is 0 Å². The fraction of sp³-hybridized carbons (Fsp3) is 0.467. The van der Waals surface area contributed by atoms with Crippen LogP contribution in [0.2, 0.25) is 0 Å². The van der Waals surface area contributed by atoms with Crippen LogP contribution in [0.4, 0.5) is 5.69 Å². The molecule has 1 aromatic carbocycles. The van der Waals surface area contributed by atoms with Gasteiger partial charge in [0.25, 0.3) is 0 Å². The average Bonchev–Trinajstić information content (AvgIpc) is 2.89. The second kappa shape index (κ2) is 6.48. The van der Waals surface area contributed by atoms with Gasteiger partial charge in [0, 0.05) is 31.5 Å². The van der Waals surface area contributed by atoms with Gasteiger partial charge in [-0.25, -0.2) is 8.42 Å². The van der Waals surface area contributed by atoms with E-state index in [0.717, 1.165) is 23.9 Å². The van der Waals surface area contributed by atoms with Crippen LogP contribution < -0.4 is 10.2 Å². The van der Waals surface area contributed by atoms with Gasteiger partial charge in [0.2, 0.25) is 11.8 Å². The van der Waals surface area contributed by atoms with Gasteiger partial charge in [-0.3, -0.25) is 9.59 Å². The van der Waals surface area contributed by atoms with E-state index in [1.807, 2.05) is 24.3 Å². The molecule has 7 heteroatoms. The van der Waals surface area contributed by atoms with Gasteiger partial charge in [0.15, 0.2) is 9.84 Å². The fourth-order valence-electron chi connectivity index (χ4n) is 2.28. The lowest BCUT2D eigenvalue weighted by Gasteiger charge is -2.17. The lowest BCUT2D eigenvalue weighted by Crippen LogP contribution is -2.37. The summed E-state index contributed by atoms with van der Waals surface area (Å²) in [6, 6.07) is 7.35. The van der Waals surface area contributed by atoms with Crippen molar-refractivity contribution in [3.8, 4) is 0 Å². The Kier molecular flexibility index (Phi) is 4.85. The van der Waals surface area contributed by atoms with E-state index < -0.39 is 21.0 Å². The quantitative estimate of drug-likeness (QED) is 0.871. The molecule has 0 bridgehead atoms. The zero-order valence-electron chi connectivity index (χ0n) is 12.7. The Hall–Kier alpha value is -1.89. The van der Waals surface area contributed by atoms with Gasteiger partial charge in [0.1, 0.15) is 5.25 Å². The Bertz CT molecular complexity index is 685. The molecular formula is C15H20N2O4S. The number of nitrogens with zero attached hydrogens (tertiary/aromatic N) is 1. The van der Waals surface area contributed by atoms with Gasteiger partial charge in [-0.05, 0) is 31.0 Å². The maximum absolute atomic E-state index is 11.8. The minimum atomic E-state index is -3.40. The number of carbonyl (C=O) groups excluding carboxylic acids is 2. The summed E-state index contributed by atoms with van der Waals surface area (Å²) in [4.78, 5) is 25.3. The van der Waals surface area contributed by atoms with Crippen LogP contribution in [0.1, 0.15) is 25.3 Å². The van der Waals surface area contributed by atoms with Crippen molar-refractivity contribution >= 4 is 27.3 Å². The van der Waals surface area contributed by atoms with Gasteiger partial charge < -0.3 is 10.2 Å². The second-order valence-corrected chi connectivity index (χ2v) is 7.87. The van der Waals surface area contributed by atoms with Crippen molar-refractivity contribution in [2.24, 2.45) is 0 Å². The Morgan fingerprint density at radius 2 is 2.14 bits per heavy atom. The van der Waals surface area contributed by atoms with E-state index in [0.29, 0.717) is 13.0 Å². The van der Waals surface area contributed by atoms with Crippen molar-refractivity contribution in [1.82, 2.24) is 5.32 Å². The summed E-state index contributed by atoms with van der Waals surface area (Å²) in [5.41, 5.74) is 1.64. The van der Waals surface area contributed by atoms with Crippen molar-refractivity contribution in [3.05, 3.63) is 29.8 Å². The molecule has 120 valence electrons.